The predicted octanol–water partition coefficient (Wildman–Crippen LogP) is 2.91. The minimum atomic E-state index is -0.0644. The molecule has 1 amide bonds. The number of fused-ring (bicyclic) bond motifs is 3. The maximum atomic E-state index is 13.2. The molecule has 0 saturated carbocycles. The highest BCUT2D eigenvalue weighted by molar-refractivity contribution is 7.99. The van der Waals surface area contributed by atoms with Crippen molar-refractivity contribution in [3.63, 3.8) is 0 Å². The van der Waals surface area contributed by atoms with Crippen molar-refractivity contribution in [2.45, 2.75) is 56.3 Å². The number of thioether (sulfide) groups is 1. The number of rotatable bonds is 7. The van der Waals surface area contributed by atoms with E-state index in [1.807, 2.05) is 0 Å². The van der Waals surface area contributed by atoms with Crippen LogP contribution in [-0.2, 0) is 28.9 Å². The van der Waals surface area contributed by atoms with Gasteiger partial charge in [0, 0.05) is 24.6 Å². The molecule has 1 N–H and O–H groups in total. The van der Waals surface area contributed by atoms with Gasteiger partial charge in [-0.25, -0.2) is 4.98 Å². The van der Waals surface area contributed by atoms with Crippen LogP contribution in [0.4, 0.5) is 0 Å². The van der Waals surface area contributed by atoms with Crippen molar-refractivity contribution in [1.29, 1.82) is 0 Å². The van der Waals surface area contributed by atoms with E-state index in [0.717, 1.165) is 48.9 Å². The number of amides is 1. The van der Waals surface area contributed by atoms with E-state index in [-0.39, 0.29) is 23.3 Å². The van der Waals surface area contributed by atoms with Gasteiger partial charge < -0.3 is 10.1 Å². The predicted molar refractivity (Wildman–Crippen MR) is 113 cm³/mol. The number of nitrogens with zero attached hydrogens (tertiary/aromatic N) is 2. The average molecular weight is 420 g/mol. The van der Waals surface area contributed by atoms with Gasteiger partial charge in [-0.15, -0.1) is 17.9 Å². The van der Waals surface area contributed by atoms with E-state index in [2.05, 4.69) is 11.9 Å². The van der Waals surface area contributed by atoms with Crippen molar-refractivity contribution in [2.24, 2.45) is 0 Å². The highest BCUT2D eigenvalue weighted by Crippen LogP contribution is 2.34. The van der Waals surface area contributed by atoms with Crippen LogP contribution in [0.3, 0.4) is 0 Å². The lowest BCUT2D eigenvalue weighted by molar-refractivity contribution is -0.119. The van der Waals surface area contributed by atoms with Gasteiger partial charge in [-0.2, -0.15) is 0 Å². The zero-order valence-electron chi connectivity index (χ0n) is 15.9. The number of carbonyl (C=O) groups excluding carboxylic acids is 1. The number of ether oxygens (including phenoxy) is 1. The van der Waals surface area contributed by atoms with Crippen LogP contribution in [0, 0.1) is 0 Å². The summed E-state index contributed by atoms with van der Waals surface area (Å²) in [4.78, 5) is 32.3. The second kappa shape index (κ2) is 8.80. The van der Waals surface area contributed by atoms with Crippen molar-refractivity contribution in [1.82, 2.24) is 14.9 Å². The van der Waals surface area contributed by atoms with Crippen LogP contribution < -0.4 is 10.9 Å². The number of thiophene rings is 1. The fourth-order valence-electron chi connectivity index (χ4n) is 3.83. The van der Waals surface area contributed by atoms with Crippen molar-refractivity contribution >= 4 is 39.2 Å². The fraction of sp³-hybridized carbons (Fsp3) is 0.550. The minimum Gasteiger partial charge on any atom is -0.376 e. The second-order valence-electron chi connectivity index (χ2n) is 7.22. The quantitative estimate of drug-likeness (QED) is 0.424. The molecule has 3 heterocycles. The Morgan fingerprint density at radius 3 is 3.04 bits per heavy atom. The molecule has 28 heavy (non-hydrogen) atoms. The summed E-state index contributed by atoms with van der Waals surface area (Å²) < 4.78 is 7.18. The number of hydrogen-bond donors (Lipinski definition) is 1. The molecule has 0 unspecified atom stereocenters. The Morgan fingerprint density at radius 2 is 2.25 bits per heavy atom. The molecule has 0 spiro atoms. The highest BCUT2D eigenvalue weighted by Gasteiger charge is 2.22. The van der Waals surface area contributed by atoms with Gasteiger partial charge in [0.05, 0.1) is 17.2 Å². The molecule has 150 valence electrons. The van der Waals surface area contributed by atoms with Crippen LogP contribution >= 0.6 is 23.1 Å². The molecule has 1 aliphatic heterocycles. The lowest BCUT2D eigenvalue weighted by Crippen LogP contribution is -2.33. The normalized spacial score (nSPS) is 18.9. The molecule has 0 aromatic carbocycles. The van der Waals surface area contributed by atoms with E-state index < -0.39 is 0 Å². The zero-order valence-corrected chi connectivity index (χ0v) is 17.5. The number of allylic oxidation sites excluding steroid dienone is 1. The van der Waals surface area contributed by atoms with Crippen LogP contribution in [0.2, 0.25) is 0 Å². The van der Waals surface area contributed by atoms with E-state index in [1.165, 1.54) is 28.6 Å². The summed E-state index contributed by atoms with van der Waals surface area (Å²) in [6.45, 7) is 5.49. The summed E-state index contributed by atoms with van der Waals surface area (Å²) in [5.41, 5.74) is 1.18. The third kappa shape index (κ3) is 4.04. The molecule has 2 aromatic heterocycles. The van der Waals surface area contributed by atoms with Gasteiger partial charge in [-0.1, -0.05) is 17.8 Å². The summed E-state index contributed by atoms with van der Waals surface area (Å²) in [7, 11) is 0. The Labute approximate surface area is 172 Å². The molecule has 0 radical (unpaired) electrons. The molecular weight excluding hydrogens is 394 g/mol. The Kier molecular flexibility index (Phi) is 6.18. The first-order valence-corrected chi connectivity index (χ1v) is 11.6. The van der Waals surface area contributed by atoms with Crippen molar-refractivity contribution in [3.8, 4) is 0 Å². The Bertz CT molecular complexity index is 944. The Morgan fingerprint density at radius 1 is 1.39 bits per heavy atom. The number of aryl methyl sites for hydroxylation is 2. The fourth-order valence-corrected chi connectivity index (χ4v) is 5.98. The van der Waals surface area contributed by atoms with Crippen LogP contribution in [-0.4, -0.2) is 40.5 Å². The molecule has 1 fully saturated rings. The summed E-state index contributed by atoms with van der Waals surface area (Å²) in [6, 6.07) is 0. The standard InChI is InChI=1S/C20H25N3O3S2/c1-2-9-23-19(25)17-14-7-3-4-8-15(14)28-18(17)22-20(23)27-12-16(24)21-11-13-6-5-10-26-13/h2,13H,1,3-12H2,(H,21,24)/t13-/m0/s1. The van der Waals surface area contributed by atoms with Gasteiger partial charge in [0.25, 0.3) is 5.56 Å². The number of carbonyl (C=O) groups is 1. The van der Waals surface area contributed by atoms with E-state index in [9.17, 15) is 9.59 Å². The first-order valence-electron chi connectivity index (χ1n) is 9.84. The molecule has 2 aliphatic rings. The lowest BCUT2D eigenvalue weighted by atomic mass is 9.97. The Balaban J connectivity index is 1.53. The maximum Gasteiger partial charge on any atom is 0.263 e. The molecule has 6 nitrogen and oxygen atoms in total. The smallest absolute Gasteiger partial charge is 0.263 e. The van der Waals surface area contributed by atoms with Crippen LogP contribution in [0.5, 0.6) is 0 Å². The van der Waals surface area contributed by atoms with E-state index in [4.69, 9.17) is 9.72 Å². The summed E-state index contributed by atoms with van der Waals surface area (Å²) in [5.74, 6) is 0.165. The molecule has 2 aromatic rings. The van der Waals surface area contributed by atoms with Crippen LogP contribution in [0.1, 0.15) is 36.1 Å². The van der Waals surface area contributed by atoms with Gasteiger partial charge >= 0.3 is 0 Å². The van der Waals surface area contributed by atoms with Crippen molar-refractivity contribution in [2.75, 3.05) is 18.9 Å². The maximum absolute atomic E-state index is 13.2. The molecule has 1 aliphatic carbocycles. The lowest BCUT2D eigenvalue weighted by Gasteiger charge is -2.13. The molecule has 0 bridgehead atoms. The molecule has 1 atom stereocenters. The SMILES string of the molecule is C=CCn1c(SCC(=O)NC[C@@H]2CCCO2)nc2sc3c(c2c1=O)CCCC3. The zero-order chi connectivity index (χ0) is 19.5. The van der Waals surface area contributed by atoms with Crippen LogP contribution in [0.15, 0.2) is 22.6 Å². The van der Waals surface area contributed by atoms with Gasteiger partial charge in [0.15, 0.2) is 5.16 Å². The van der Waals surface area contributed by atoms with E-state index in [1.54, 1.807) is 22.0 Å². The van der Waals surface area contributed by atoms with E-state index in [0.29, 0.717) is 18.2 Å². The largest absolute Gasteiger partial charge is 0.376 e. The summed E-state index contributed by atoms with van der Waals surface area (Å²) in [5, 5.41) is 4.28. The molecule has 8 heteroatoms. The molecule has 4 rings (SSSR count). The third-order valence-electron chi connectivity index (χ3n) is 5.23. The van der Waals surface area contributed by atoms with Crippen molar-refractivity contribution in [3.05, 3.63) is 33.4 Å². The van der Waals surface area contributed by atoms with Crippen LogP contribution in [0.25, 0.3) is 10.2 Å². The number of aromatic nitrogens is 2. The number of nitrogens with one attached hydrogen (secondary N) is 1. The van der Waals surface area contributed by atoms with Gasteiger partial charge in [-0.3, -0.25) is 14.2 Å². The highest BCUT2D eigenvalue weighted by atomic mass is 32.2. The minimum absolute atomic E-state index is 0.00781. The van der Waals surface area contributed by atoms with Gasteiger partial charge in [0.2, 0.25) is 5.91 Å². The molecular formula is C20H25N3O3S2. The van der Waals surface area contributed by atoms with Crippen molar-refractivity contribution < 1.29 is 9.53 Å². The first kappa shape index (κ1) is 19.7. The average Bonchev–Trinajstić information content (AvgIpc) is 3.34. The summed E-state index contributed by atoms with van der Waals surface area (Å²) >= 11 is 2.95. The first-order chi connectivity index (χ1) is 13.7. The molecule has 1 saturated heterocycles. The second-order valence-corrected chi connectivity index (χ2v) is 9.24. The Hall–Kier alpha value is -1.64. The van der Waals surface area contributed by atoms with E-state index >= 15 is 0 Å². The topological polar surface area (TPSA) is 73.2 Å². The van der Waals surface area contributed by atoms with Gasteiger partial charge in [0.1, 0.15) is 4.83 Å². The monoisotopic (exact) mass is 419 g/mol. The summed E-state index contributed by atoms with van der Waals surface area (Å²) in [6.07, 6.45) is 8.17. The third-order valence-corrected chi connectivity index (χ3v) is 7.40. The number of hydrogen-bond acceptors (Lipinski definition) is 6. The van der Waals surface area contributed by atoms with Gasteiger partial charge in [-0.05, 0) is 44.1 Å².